The highest BCUT2D eigenvalue weighted by atomic mass is 32.1. The fraction of sp³-hybridized carbons (Fsp3) is 0.100. The van der Waals surface area contributed by atoms with Crippen molar-refractivity contribution in [3.8, 4) is 11.5 Å². The molecule has 5 heteroatoms. The summed E-state index contributed by atoms with van der Waals surface area (Å²) in [5, 5.41) is 6.94. The summed E-state index contributed by atoms with van der Waals surface area (Å²) >= 11 is 5.32. The molecule has 0 aliphatic heterocycles. The molecule has 0 spiro atoms. The van der Waals surface area contributed by atoms with E-state index in [2.05, 4.69) is 15.6 Å². The second kappa shape index (κ2) is 8.80. The van der Waals surface area contributed by atoms with Crippen LogP contribution in [-0.4, -0.2) is 16.6 Å². The van der Waals surface area contributed by atoms with Gasteiger partial charge in [-0.1, -0.05) is 24.3 Å². The number of hydrogen-bond donors (Lipinski definition) is 2. The van der Waals surface area contributed by atoms with Crippen molar-refractivity contribution in [2.24, 2.45) is 0 Å². The maximum atomic E-state index is 5.77. The van der Waals surface area contributed by atoms with Crippen molar-refractivity contribution in [3.63, 3.8) is 0 Å². The molecule has 4 nitrogen and oxygen atoms in total. The van der Waals surface area contributed by atoms with Crippen LogP contribution in [0.5, 0.6) is 11.5 Å². The first-order valence-electron chi connectivity index (χ1n) is 8.07. The maximum Gasteiger partial charge on any atom is 0.170 e. The lowest BCUT2D eigenvalue weighted by Gasteiger charge is -2.11. The van der Waals surface area contributed by atoms with E-state index in [1.807, 2.05) is 72.8 Å². The number of hydrogen-bond acceptors (Lipinski definition) is 3. The number of nitrogens with one attached hydrogen (secondary N) is 2. The zero-order valence-corrected chi connectivity index (χ0v) is 14.5. The predicted molar refractivity (Wildman–Crippen MR) is 105 cm³/mol. The highest BCUT2D eigenvalue weighted by Crippen LogP contribution is 2.22. The van der Waals surface area contributed by atoms with E-state index < -0.39 is 0 Å². The average Bonchev–Trinajstić information content (AvgIpc) is 2.65. The van der Waals surface area contributed by atoms with Gasteiger partial charge in [-0.15, -0.1) is 0 Å². The van der Waals surface area contributed by atoms with Gasteiger partial charge in [-0.05, 0) is 60.7 Å². The Hall–Kier alpha value is -2.92. The van der Waals surface area contributed by atoms with Gasteiger partial charge in [-0.25, -0.2) is 0 Å². The van der Waals surface area contributed by atoms with Gasteiger partial charge in [0.2, 0.25) is 0 Å². The molecule has 0 saturated heterocycles. The topological polar surface area (TPSA) is 46.2 Å². The van der Waals surface area contributed by atoms with Crippen LogP contribution in [0.3, 0.4) is 0 Å². The smallest absolute Gasteiger partial charge is 0.170 e. The van der Waals surface area contributed by atoms with E-state index in [1.54, 1.807) is 6.20 Å². The summed E-state index contributed by atoms with van der Waals surface area (Å²) in [6.07, 6.45) is 2.62. The first kappa shape index (κ1) is 16.9. The Bertz CT molecular complexity index is 792. The molecule has 126 valence electrons. The van der Waals surface area contributed by atoms with E-state index in [0.29, 0.717) is 5.11 Å². The van der Waals surface area contributed by atoms with E-state index in [9.17, 15) is 0 Å². The molecule has 3 rings (SSSR count). The molecule has 3 aromatic rings. The summed E-state index contributed by atoms with van der Waals surface area (Å²) in [4.78, 5) is 4.29. The monoisotopic (exact) mass is 349 g/mol. The summed E-state index contributed by atoms with van der Waals surface area (Å²) in [5.74, 6) is 1.60. The number of pyridine rings is 1. The van der Waals surface area contributed by atoms with Crippen LogP contribution in [0.25, 0.3) is 0 Å². The van der Waals surface area contributed by atoms with Gasteiger partial charge in [0.25, 0.3) is 0 Å². The van der Waals surface area contributed by atoms with Gasteiger partial charge < -0.3 is 15.4 Å². The number of aromatic nitrogens is 1. The lowest BCUT2D eigenvalue weighted by molar-refractivity contribution is 0.483. The number of para-hydroxylation sites is 1. The third kappa shape index (κ3) is 5.58. The standard InChI is InChI=1S/C20H19N3OS/c25-20(22-15-13-16-6-4-5-14-21-16)23-17-9-11-19(12-10-17)24-18-7-2-1-3-8-18/h1-12,14H,13,15H2,(H2,22,23,25). The van der Waals surface area contributed by atoms with E-state index in [-0.39, 0.29) is 0 Å². The molecule has 0 fully saturated rings. The maximum absolute atomic E-state index is 5.77. The minimum atomic E-state index is 0.590. The van der Waals surface area contributed by atoms with Gasteiger partial charge in [-0.3, -0.25) is 4.98 Å². The third-order valence-corrected chi connectivity index (χ3v) is 3.73. The van der Waals surface area contributed by atoms with Crippen molar-refractivity contribution in [1.82, 2.24) is 10.3 Å². The zero-order valence-electron chi connectivity index (χ0n) is 13.7. The Morgan fingerprint density at radius 1 is 0.880 bits per heavy atom. The molecule has 0 atom stereocenters. The van der Waals surface area contributed by atoms with Gasteiger partial charge in [0.15, 0.2) is 5.11 Å². The van der Waals surface area contributed by atoms with E-state index in [0.717, 1.165) is 35.8 Å². The van der Waals surface area contributed by atoms with Gasteiger partial charge in [0.1, 0.15) is 11.5 Å². The highest BCUT2D eigenvalue weighted by molar-refractivity contribution is 7.80. The molecule has 0 radical (unpaired) electrons. The molecule has 0 bridgehead atoms. The normalized spacial score (nSPS) is 10.1. The molecule has 0 saturated carbocycles. The Morgan fingerprint density at radius 2 is 1.60 bits per heavy atom. The van der Waals surface area contributed by atoms with E-state index in [1.165, 1.54) is 0 Å². The van der Waals surface area contributed by atoms with Crippen LogP contribution >= 0.6 is 12.2 Å². The third-order valence-electron chi connectivity index (χ3n) is 3.48. The minimum Gasteiger partial charge on any atom is -0.457 e. The van der Waals surface area contributed by atoms with Crippen molar-refractivity contribution >= 4 is 23.0 Å². The van der Waals surface area contributed by atoms with Gasteiger partial charge >= 0.3 is 0 Å². The Labute approximate surface area is 152 Å². The van der Waals surface area contributed by atoms with Crippen molar-refractivity contribution < 1.29 is 4.74 Å². The number of ether oxygens (including phenoxy) is 1. The van der Waals surface area contributed by atoms with Crippen molar-refractivity contribution in [2.75, 3.05) is 11.9 Å². The molecule has 1 heterocycles. The number of nitrogens with zero attached hydrogens (tertiary/aromatic N) is 1. The second-order valence-corrected chi connectivity index (χ2v) is 5.80. The lowest BCUT2D eigenvalue weighted by atomic mass is 10.3. The van der Waals surface area contributed by atoms with Crippen LogP contribution in [-0.2, 0) is 6.42 Å². The van der Waals surface area contributed by atoms with Gasteiger partial charge in [0, 0.05) is 30.5 Å². The first-order chi connectivity index (χ1) is 12.3. The molecule has 0 aliphatic carbocycles. The quantitative estimate of drug-likeness (QED) is 0.646. The Morgan fingerprint density at radius 3 is 2.32 bits per heavy atom. The molecular formula is C20H19N3OS. The van der Waals surface area contributed by atoms with E-state index in [4.69, 9.17) is 17.0 Å². The summed E-state index contributed by atoms with van der Waals surface area (Å²) < 4.78 is 5.77. The largest absolute Gasteiger partial charge is 0.457 e. The predicted octanol–water partition coefficient (Wildman–Crippen LogP) is 4.40. The summed E-state index contributed by atoms with van der Waals surface area (Å²) in [5.41, 5.74) is 1.95. The molecule has 2 aromatic carbocycles. The molecule has 25 heavy (non-hydrogen) atoms. The van der Waals surface area contributed by atoms with Gasteiger partial charge in [0.05, 0.1) is 0 Å². The van der Waals surface area contributed by atoms with Gasteiger partial charge in [-0.2, -0.15) is 0 Å². The second-order valence-electron chi connectivity index (χ2n) is 5.39. The fourth-order valence-electron chi connectivity index (χ4n) is 2.26. The molecule has 0 unspecified atom stereocenters. The average molecular weight is 349 g/mol. The number of rotatable bonds is 6. The summed E-state index contributed by atoms with van der Waals surface area (Å²) in [6, 6.07) is 23.3. The number of anilines is 1. The number of thiocarbonyl (C=S) groups is 1. The van der Waals surface area contributed by atoms with Crippen LogP contribution in [0.2, 0.25) is 0 Å². The number of benzene rings is 2. The highest BCUT2D eigenvalue weighted by Gasteiger charge is 2.00. The minimum absolute atomic E-state index is 0.590. The summed E-state index contributed by atoms with van der Waals surface area (Å²) in [7, 11) is 0. The molecule has 0 aliphatic rings. The molecular weight excluding hydrogens is 330 g/mol. The van der Waals surface area contributed by atoms with Crippen molar-refractivity contribution in [3.05, 3.63) is 84.7 Å². The van der Waals surface area contributed by atoms with E-state index >= 15 is 0 Å². The van der Waals surface area contributed by atoms with Crippen molar-refractivity contribution in [2.45, 2.75) is 6.42 Å². The van der Waals surface area contributed by atoms with Crippen LogP contribution in [0, 0.1) is 0 Å². The lowest BCUT2D eigenvalue weighted by Crippen LogP contribution is -2.30. The fourth-order valence-corrected chi connectivity index (χ4v) is 2.48. The zero-order chi connectivity index (χ0) is 17.3. The molecule has 0 amide bonds. The van der Waals surface area contributed by atoms with Crippen molar-refractivity contribution in [1.29, 1.82) is 0 Å². The van der Waals surface area contributed by atoms with Crippen LogP contribution in [0.15, 0.2) is 79.0 Å². The van der Waals surface area contributed by atoms with Crippen LogP contribution in [0.1, 0.15) is 5.69 Å². The molecule has 2 N–H and O–H groups in total. The van der Waals surface area contributed by atoms with Crippen LogP contribution in [0.4, 0.5) is 5.69 Å². The SMILES string of the molecule is S=C(NCCc1ccccn1)Nc1ccc(Oc2ccccc2)cc1. The summed E-state index contributed by atoms with van der Waals surface area (Å²) in [6.45, 7) is 0.734. The van der Waals surface area contributed by atoms with Crippen LogP contribution < -0.4 is 15.4 Å². The first-order valence-corrected chi connectivity index (χ1v) is 8.48. The molecule has 1 aromatic heterocycles. The Balaban J connectivity index is 1.45. The Kier molecular flexibility index (Phi) is 5.96.